The van der Waals surface area contributed by atoms with Gasteiger partial charge in [-0.1, -0.05) is 54.6 Å². The molecule has 0 radical (unpaired) electrons. The van der Waals surface area contributed by atoms with E-state index >= 15 is 0 Å². The maximum Gasteiger partial charge on any atom is 0.277 e. The summed E-state index contributed by atoms with van der Waals surface area (Å²) in [4.78, 5) is 18.1. The van der Waals surface area contributed by atoms with E-state index in [-0.39, 0.29) is 12.2 Å². The van der Waals surface area contributed by atoms with Gasteiger partial charge in [-0.25, -0.2) is 9.90 Å². The molecule has 0 aromatic heterocycles. The van der Waals surface area contributed by atoms with Crippen LogP contribution in [0.3, 0.4) is 0 Å². The summed E-state index contributed by atoms with van der Waals surface area (Å²) in [5.74, 6) is -0.163. The minimum atomic E-state index is -0.320. The Hall–Kier alpha value is -2.43. The highest BCUT2D eigenvalue weighted by Gasteiger charge is 2.20. The van der Waals surface area contributed by atoms with Crippen molar-refractivity contribution in [1.29, 1.82) is 0 Å². The Bertz CT molecular complexity index is 734. The van der Waals surface area contributed by atoms with Gasteiger partial charge >= 0.3 is 0 Å². The third kappa shape index (κ3) is 6.05. The van der Waals surface area contributed by atoms with Crippen LogP contribution < -0.4 is 0 Å². The number of rotatable bonds is 7. The highest BCUT2D eigenvalue weighted by Crippen LogP contribution is 2.16. The van der Waals surface area contributed by atoms with E-state index in [4.69, 9.17) is 9.57 Å². The summed E-state index contributed by atoms with van der Waals surface area (Å²) in [6, 6.07) is 18.0. The van der Waals surface area contributed by atoms with E-state index in [9.17, 15) is 4.79 Å². The van der Waals surface area contributed by atoms with Crippen molar-refractivity contribution < 1.29 is 14.4 Å². The van der Waals surface area contributed by atoms with Gasteiger partial charge in [-0.15, -0.1) is 0 Å². The average molecular weight is 365 g/mol. The summed E-state index contributed by atoms with van der Waals surface area (Å²) in [7, 11) is 1.64. The van der Waals surface area contributed by atoms with Crippen molar-refractivity contribution in [3.8, 4) is 0 Å². The Labute approximate surface area is 161 Å². The number of carbonyl (C=O) groups excluding carboxylic acids is 1. The minimum Gasteiger partial charge on any atom is -0.350 e. The monoisotopic (exact) mass is 365 g/mol. The number of hydrogen-bond acceptors (Lipinski definition) is 3. The van der Waals surface area contributed by atoms with Crippen molar-refractivity contribution in [2.45, 2.75) is 38.4 Å². The maximum atomic E-state index is 12.5. The Morgan fingerprint density at radius 2 is 1.93 bits per heavy atom. The zero-order valence-corrected chi connectivity index (χ0v) is 15.8. The second-order valence-electron chi connectivity index (χ2n) is 6.75. The molecule has 142 valence electrons. The summed E-state index contributed by atoms with van der Waals surface area (Å²) >= 11 is 0. The standard InChI is InChI=1S/C23H27NO3/c1-24(27-22-13-7-8-18-26-22)23(25)21-16-14-20(15-17-21)12-6-5-11-19-9-3-2-4-10-19/h2-4,6,9-10,12,14-17,22H,5,7-8,11,13,18H2,1H3. The molecular formula is C23H27NO3. The molecular weight excluding hydrogens is 338 g/mol. The SMILES string of the molecule is CN(OC1CCCCO1)C(=O)c1ccc(C=CCCc2ccccc2)cc1. The first kappa shape index (κ1) is 19.3. The maximum absolute atomic E-state index is 12.5. The van der Waals surface area contributed by atoms with Crippen molar-refractivity contribution in [2.24, 2.45) is 0 Å². The van der Waals surface area contributed by atoms with E-state index in [0.717, 1.165) is 37.7 Å². The molecule has 1 atom stereocenters. The van der Waals surface area contributed by atoms with Crippen molar-refractivity contribution >= 4 is 12.0 Å². The van der Waals surface area contributed by atoms with Gasteiger partial charge in [0.1, 0.15) is 0 Å². The number of ether oxygens (including phenoxy) is 1. The summed E-state index contributed by atoms with van der Waals surface area (Å²) in [5.41, 5.74) is 3.03. The van der Waals surface area contributed by atoms with Crippen LogP contribution in [0, 0.1) is 0 Å². The number of nitrogens with zero attached hydrogens (tertiary/aromatic N) is 1. The Morgan fingerprint density at radius 3 is 2.63 bits per heavy atom. The van der Waals surface area contributed by atoms with Gasteiger partial charge in [-0.05, 0) is 48.9 Å². The molecule has 1 aliphatic heterocycles. The molecule has 0 saturated carbocycles. The Kier molecular flexibility index (Phi) is 7.19. The quantitative estimate of drug-likeness (QED) is 0.658. The average Bonchev–Trinajstić information content (AvgIpc) is 2.72. The van der Waals surface area contributed by atoms with E-state index < -0.39 is 0 Å². The van der Waals surface area contributed by atoms with Crippen LogP contribution in [0.25, 0.3) is 6.08 Å². The highest BCUT2D eigenvalue weighted by atomic mass is 16.8. The number of hydrogen-bond donors (Lipinski definition) is 0. The van der Waals surface area contributed by atoms with Gasteiger partial charge in [0, 0.05) is 25.6 Å². The molecule has 3 rings (SSSR count). The molecule has 4 heteroatoms. The fraction of sp³-hybridized carbons (Fsp3) is 0.348. The topological polar surface area (TPSA) is 38.8 Å². The Balaban J connectivity index is 1.48. The van der Waals surface area contributed by atoms with Gasteiger partial charge in [-0.2, -0.15) is 0 Å². The lowest BCUT2D eigenvalue weighted by molar-refractivity contribution is -0.258. The first-order valence-electron chi connectivity index (χ1n) is 9.59. The van der Waals surface area contributed by atoms with Crippen molar-refractivity contribution in [3.63, 3.8) is 0 Å². The summed E-state index contributed by atoms with van der Waals surface area (Å²) in [6.45, 7) is 0.692. The summed E-state index contributed by atoms with van der Waals surface area (Å²) < 4.78 is 5.52. The molecule has 27 heavy (non-hydrogen) atoms. The molecule has 2 aromatic carbocycles. The van der Waals surface area contributed by atoms with Crippen LogP contribution in [0.2, 0.25) is 0 Å². The van der Waals surface area contributed by atoms with Crippen molar-refractivity contribution in [3.05, 3.63) is 77.4 Å². The molecule has 1 amide bonds. The predicted molar refractivity (Wildman–Crippen MR) is 107 cm³/mol. The lowest BCUT2D eigenvalue weighted by atomic mass is 10.1. The normalized spacial score (nSPS) is 17.1. The van der Waals surface area contributed by atoms with Crippen molar-refractivity contribution in [2.75, 3.05) is 13.7 Å². The van der Waals surface area contributed by atoms with Crippen LogP contribution in [0.1, 0.15) is 47.2 Å². The number of aryl methyl sites for hydroxylation is 1. The fourth-order valence-corrected chi connectivity index (χ4v) is 3.05. The number of benzene rings is 2. The van der Waals surface area contributed by atoms with E-state index in [0.29, 0.717) is 12.2 Å². The van der Waals surface area contributed by atoms with Crippen LogP contribution >= 0.6 is 0 Å². The fourth-order valence-electron chi connectivity index (χ4n) is 3.05. The van der Waals surface area contributed by atoms with Crippen LogP contribution in [-0.2, 0) is 16.0 Å². The minimum absolute atomic E-state index is 0.163. The predicted octanol–water partition coefficient (Wildman–Crippen LogP) is 4.86. The van der Waals surface area contributed by atoms with Gasteiger partial charge in [0.2, 0.25) is 0 Å². The number of hydroxylamine groups is 2. The van der Waals surface area contributed by atoms with E-state index in [1.54, 1.807) is 7.05 Å². The lowest BCUT2D eigenvalue weighted by Gasteiger charge is -2.27. The van der Waals surface area contributed by atoms with Gasteiger partial charge in [-0.3, -0.25) is 4.79 Å². The van der Waals surface area contributed by atoms with Gasteiger partial charge < -0.3 is 4.74 Å². The Morgan fingerprint density at radius 1 is 1.15 bits per heavy atom. The van der Waals surface area contributed by atoms with Crippen LogP contribution in [0.4, 0.5) is 0 Å². The first-order chi connectivity index (χ1) is 13.2. The molecule has 1 heterocycles. The molecule has 1 unspecified atom stereocenters. The van der Waals surface area contributed by atoms with Crippen molar-refractivity contribution in [1.82, 2.24) is 5.06 Å². The molecule has 2 aromatic rings. The largest absolute Gasteiger partial charge is 0.350 e. The third-order valence-electron chi connectivity index (χ3n) is 4.61. The second kappa shape index (κ2) is 10.0. The third-order valence-corrected chi connectivity index (χ3v) is 4.61. The molecule has 0 bridgehead atoms. The molecule has 0 N–H and O–H groups in total. The molecule has 4 nitrogen and oxygen atoms in total. The van der Waals surface area contributed by atoms with Gasteiger partial charge in [0.15, 0.2) is 6.29 Å². The van der Waals surface area contributed by atoms with E-state index in [2.05, 4.69) is 36.4 Å². The highest BCUT2D eigenvalue weighted by molar-refractivity contribution is 5.93. The number of carbonyl (C=O) groups is 1. The van der Waals surface area contributed by atoms with Crippen LogP contribution in [0.15, 0.2) is 60.7 Å². The lowest BCUT2D eigenvalue weighted by Crippen LogP contribution is -2.34. The summed E-state index contributed by atoms with van der Waals surface area (Å²) in [5, 5.41) is 1.28. The summed E-state index contributed by atoms with van der Waals surface area (Å²) in [6.07, 6.45) is 8.90. The zero-order valence-electron chi connectivity index (χ0n) is 15.8. The molecule has 0 spiro atoms. The molecule has 0 aliphatic carbocycles. The molecule has 1 aliphatic rings. The first-order valence-corrected chi connectivity index (χ1v) is 9.59. The zero-order chi connectivity index (χ0) is 18.9. The van der Waals surface area contributed by atoms with Gasteiger partial charge in [0.05, 0.1) is 0 Å². The van der Waals surface area contributed by atoms with Crippen LogP contribution in [-0.4, -0.2) is 30.9 Å². The number of amides is 1. The van der Waals surface area contributed by atoms with E-state index in [1.807, 2.05) is 30.3 Å². The van der Waals surface area contributed by atoms with Gasteiger partial charge in [0.25, 0.3) is 5.91 Å². The molecule has 1 saturated heterocycles. The molecule has 1 fully saturated rings. The second-order valence-corrected chi connectivity index (χ2v) is 6.75. The van der Waals surface area contributed by atoms with Crippen LogP contribution in [0.5, 0.6) is 0 Å². The number of allylic oxidation sites excluding steroid dienone is 1. The van der Waals surface area contributed by atoms with E-state index in [1.165, 1.54) is 10.6 Å². The smallest absolute Gasteiger partial charge is 0.277 e.